The fourth-order valence-corrected chi connectivity index (χ4v) is 4.05. The van der Waals surface area contributed by atoms with E-state index in [4.69, 9.17) is 18.9 Å². The molecule has 154 valence electrons. The molecular formula is C21H24N2O5S. The van der Waals surface area contributed by atoms with Gasteiger partial charge < -0.3 is 23.5 Å². The summed E-state index contributed by atoms with van der Waals surface area (Å²) < 4.78 is 24.5. The molecule has 0 aliphatic carbocycles. The monoisotopic (exact) mass is 416 g/mol. The molecule has 8 heteroatoms. The summed E-state index contributed by atoms with van der Waals surface area (Å²) in [7, 11) is 4.70. The Balaban J connectivity index is 2.11. The van der Waals surface area contributed by atoms with E-state index in [9.17, 15) is 4.79 Å². The molecule has 0 fully saturated rings. The average Bonchev–Trinajstić information content (AvgIpc) is 3.10. The van der Waals surface area contributed by atoms with Crippen LogP contribution in [-0.2, 0) is 11.3 Å². The first-order valence-corrected chi connectivity index (χ1v) is 9.99. The Morgan fingerprint density at radius 2 is 1.86 bits per heavy atom. The van der Waals surface area contributed by atoms with Gasteiger partial charge in [-0.25, -0.2) is 0 Å². The van der Waals surface area contributed by atoms with Crippen molar-refractivity contribution in [1.29, 1.82) is 0 Å². The van der Waals surface area contributed by atoms with Crippen molar-refractivity contribution in [2.45, 2.75) is 13.5 Å². The van der Waals surface area contributed by atoms with Gasteiger partial charge in [0.1, 0.15) is 22.8 Å². The Hall–Kier alpha value is -2.84. The lowest BCUT2D eigenvalue weighted by Crippen LogP contribution is -2.20. The van der Waals surface area contributed by atoms with Gasteiger partial charge in [-0.05, 0) is 31.2 Å². The van der Waals surface area contributed by atoms with Crippen LogP contribution in [0.15, 0.2) is 41.4 Å². The number of fused-ring (bicyclic) bond motifs is 1. The van der Waals surface area contributed by atoms with Crippen molar-refractivity contribution < 1.29 is 23.7 Å². The second-order valence-electron chi connectivity index (χ2n) is 6.02. The first-order valence-electron chi connectivity index (χ1n) is 9.18. The fourth-order valence-electron chi connectivity index (χ4n) is 2.98. The van der Waals surface area contributed by atoms with Crippen molar-refractivity contribution in [1.82, 2.24) is 4.57 Å². The van der Waals surface area contributed by atoms with Crippen LogP contribution in [0.3, 0.4) is 0 Å². The number of rotatable bonds is 8. The summed E-state index contributed by atoms with van der Waals surface area (Å²) in [4.78, 5) is 17.9. The van der Waals surface area contributed by atoms with Gasteiger partial charge in [0, 0.05) is 19.2 Å². The molecule has 2 aromatic carbocycles. The van der Waals surface area contributed by atoms with Gasteiger partial charge in [0.25, 0.3) is 5.91 Å². The summed E-state index contributed by atoms with van der Waals surface area (Å²) in [6.45, 7) is 3.63. The summed E-state index contributed by atoms with van der Waals surface area (Å²) in [6, 6.07) is 10.8. The predicted molar refractivity (Wildman–Crippen MR) is 112 cm³/mol. The zero-order chi connectivity index (χ0) is 20.8. The van der Waals surface area contributed by atoms with Gasteiger partial charge in [-0.3, -0.25) is 4.79 Å². The van der Waals surface area contributed by atoms with Crippen LogP contribution in [0, 0.1) is 0 Å². The minimum Gasteiger partial charge on any atom is -0.497 e. The maximum Gasteiger partial charge on any atom is 0.283 e. The zero-order valence-corrected chi connectivity index (χ0v) is 17.7. The van der Waals surface area contributed by atoms with Gasteiger partial charge in [0.15, 0.2) is 4.80 Å². The number of methoxy groups -OCH3 is 3. The molecule has 0 radical (unpaired) electrons. The first kappa shape index (κ1) is 20.9. The average molecular weight is 416 g/mol. The molecule has 0 saturated heterocycles. The highest BCUT2D eigenvalue weighted by molar-refractivity contribution is 7.16. The van der Waals surface area contributed by atoms with E-state index in [1.165, 1.54) is 18.4 Å². The lowest BCUT2D eigenvalue weighted by atomic mass is 10.2. The minimum absolute atomic E-state index is 0.370. The largest absolute Gasteiger partial charge is 0.497 e. The summed E-state index contributed by atoms with van der Waals surface area (Å²) in [5, 5.41) is 0. The molecule has 0 atom stereocenters. The maximum absolute atomic E-state index is 13.0. The van der Waals surface area contributed by atoms with E-state index < -0.39 is 0 Å². The third kappa shape index (κ3) is 4.44. The minimum atomic E-state index is -0.389. The number of hydrogen-bond acceptors (Lipinski definition) is 6. The van der Waals surface area contributed by atoms with Gasteiger partial charge >= 0.3 is 0 Å². The molecule has 7 nitrogen and oxygen atoms in total. The van der Waals surface area contributed by atoms with Crippen molar-refractivity contribution in [2.75, 3.05) is 34.5 Å². The van der Waals surface area contributed by atoms with Gasteiger partial charge in [-0.15, -0.1) is 0 Å². The number of amides is 1. The number of benzene rings is 2. The van der Waals surface area contributed by atoms with Gasteiger partial charge in [0.05, 0.1) is 38.2 Å². The molecule has 29 heavy (non-hydrogen) atoms. The van der Waals surface area contributed by atoms with Crippen molar-refractivity contribution in [3.8, 4) is 17.2 Å². The molecule has 1 heterocycles. The molecule has 0 aliphatic heterocycles. The number of nitrogens with zero attached hydrogens (tertiary/aromatic N) is 2. The predicted octanol–water partition coefficient (Wildman–Crippen LogP) is 3.51. The Morgan fingerprint density at radius 1 is 1.07 bits per heavy atom. The molecule has 0 saturated carbocycles. The summed E-state index contributed by atoms with van der Waals surface area (Å²) in [6.07, 6.45) is 0. The molecule has 0 bridgehead atoms. The van der Waals surface area contributed by atoms with Crippen LogP contribution in [0.1, 0.15) is 17.3 Å². The number of carbonyl (C=O) groups is 1. The van der Waals surface area contributed by atoms with Crippen molar-refractivity contribution in [2.24, 2.45) is 4.99 Å². The van der Waals surface area contributed by atoms with Gasteiger partial charge in [-0.1, -0.05) is 17.4 Å². The van der Waals surface area contributed by atoms with E-state index in [0.29, 0.717) is 41.6 Å². The molecule has 3 aromatic rings. The molecule has 0 unspecified atom stereocenters. The van der Waals surface area contributed by atoms with Crippen LogP contribution >= 0.6 is 11.3 Å². The topological polar surface area (TPSA) is 71.3 Å². The third-order valence-electron chi connectivity index (χ3n) is 4.38. The third-order valence-corrected chi connectivity index (χ3v) is 5.43. The highest BCUT2D eigenvalue weighted by Gasteiger charge is 2.16. The number of para-hydroxylation sites is 1. The van der Waals surface area contributed by atoms with E-state index in [2.05, 4.69) is 4.99 Å². The lowest BCUT2D eigenvalue weighted by molar-refractivity contribution is 0.0993. The smallest absolute Gasteiger partial charge is 0.283 e. The normalized spacial score (nSPS) is 11.7. The van der Waals surface area contributed by atoms with E-state index >= 15 is 0 Å². The second kappa shape index (κ2) is 9.58. The number of carbonyl (C=O) groups excluding carboxylic acids is 1. The van der Waals surface area contributed by atoms with Crippen LogP contribution in [0.25, 0.3) is 10.2 Å². The van der Waals surface area contributed by atoms with Gasteiger partial charge in [0.2, 0.25) is 0 Å². The number of hydrogen-bond donors (Lipinski definition) is 0. The van der Waals surface area contributed by atoms with Crippen LogP contribution in [0.2, 0.25) is 0 Å². The Morgan fingerprint density at radius 3 is 2.55 bits per heavy atom. The van der Waals surface area contributed by atoms with Gasteiger partial charge in [-0.2, -0.15) is 4.99 Å². The summed E-state index contributed by atoms with van der Waals surface area (Å²) in [5.74, 6) is 1.36. The van der Waals surface area contributed by atoms with Crippen LogP contribution in [0.5, 0.6) is 17.2 Å². The molecule has 1 amide bonds. The van der Waals surface area contributed by atoms with Crippen molar-refractivity contribution in [3.63, 3.8) is 0 Å². The quantitative estimate of drug-likeness (QED) is 0.526. The van der Waals surface area contributed by atoms with E-state index in [-0.39, 0.29) is 5.91 Å². The zero-order valence-electron chi connectivity index (χ0n) is 16.9. The number of aromatic nitrogens is 1. The molecule has 0 spiro atoms. The molecule has 0 N–H and O–H groups in total. The number of ether oxygens (including phenoxy) is 4. The van der Waals surface area contributed by atoms with Crippen molar-refractivity contribution in [3.05, 3.63) is 46.8 Å². The Kier molecular flexibility index (Phi) is 6.90. The van der Waals surface area contributed by atoms with Crippen molar-refractivity contribution >= 4 is 27.5 Å². The maximum atomic E-state index is 13.0. The molecular weight excluding hydrogens is 392 g/mol. The molecule has 3 rings (SSSR count). The van der Waals surface area contributed by atoms with Crippen LogP contribution in [-0.4, -0.2) is 45.0 Å². The highest BCUT2D eigenvalue weighted by atomic mass is 32.1. The number of thiazole rings is 1. The lowest BCUT2D eigenvalue weighted by Gasteiger charge is -2.09. The first-order chi connectivity index (χ1) is 14.1. The highest BCUT2D eigenvalue weighted by Crippen LogP contribution is 2.28. The molecule has 0 aliphatic rings. The Bertz CT molecular complexity index is 1070. The van der Waals surface area contributed by atoms with E-state index in [0.717, 1.165) is 16.0 Å². The molecule has 1 aromatic heterocycles. The van der Waals surface area contributed by atoms with Crippen LogP contribution < -0.4 is 19.0 Å². The Labute approximate surface area is 173 Å². The van der Waals surface area contributed by atoms with Crippen LogP contribution in [0.4, 0.5) is 0 Å². The summed E-state index contributed by atoms with van der Waals surface area (Å²) in [5.41, 5.74) is 1.27. The SMILES string of the molecule is CCOCCn1c(=NC(=O)c2ccc(OC)cc2OC)sc2cccc(OC)c21. The second-order valence-corrected chi connectivity index (χ2v) is 7.03. The van der Waals surface area contributed by atoms with E-state index in [1.54, 1.807) is 32.4 Å². The van der Waals surface area contributed by atoms with E-state index in [1.807, 2.05) is 29.7 Å². The fraction of sp³-hybridized carbons (Fsp3) is 0.333. The summed E-state index contributed by atoms with van der Waals surface area (Å²) >= 11 is 1.43. The standard InChI is InChI=1S/C21H24N2O5S/c1-5-28-12-11-23-19-16(26-3)7-6-8-18(19)29-21(23)22-20(24)15-10-9-14(25-2)13-17(15)27-4/h6-10,13H,5,11-12H2,1-4H3.